The topological polar surface area (TPSA) is 25.2 Å². The van der Waals surface area contributed by atoms with Crippen LogP contribution in [-0.2, 0) is 6.54 Å². The van der Waals surface area contributed by atoms with Gasteiger partial charge in [-0.3, -0.25) is 4.79 Å². The molecule has 1 amide bonds. The Kier molecular flexibility index (Phi) is 4.98. The number of hydrogen-bond acceptors (Lipinski definition) is 1. The van der Waals surface area contributed by atoms with E-state index in [0.717, 1.165) is 29.8 Å². The molecule has 0 N–H and O–H groups in total. The summed E-state index contributed by atoms with van der Waals surface area (Å²) in [6, 6.07) is 17.3. The molecule has 4 rings (SSSR count). The molecule has 1 aliphatic heterocycles. The van der Waals surface area contributed by atoms with Crippen LogP contribution in [0, 0.1) is 6.92 Å². The Bertz CT molecular complexity index is 995. The van der Waals surface area contributed by atoms with Crippen LogP contribution in [0.4, 0.5) is 0 Å². The van der Waals surface area contributed by atoms with Crippen molar-refractivity contribution in [1.29, 1.82) is 0 Å². The normalized spacial score (nSPS) is 16.7. The van der Waals surface area contributed by atoms with Crippen LogP contribution < -0.4 is 0 Å². The van der Waals surface area contributed by atoms with E-state index in [1.807, 2.05) is 23.1 Å². The van der Waals surface area contributed by atoms with Crippen molar-refractivity contribution < 1.29 is 4.79 Å². The first-order valence-corrected chi connectivity index (χ1v) is 9.78. The van der Waals surface area contributed by atoms with Crippen molar-refractivity contribution in [2.24, 2.45) is 0 Å². The lowest BCUT2D eigenvalue weighted by Crippen LogP contribution is -2.36. The minimum absolute atomic E-state index is 0.0698. The molecular weight excluding hydrogens is 379 g/mol. The average Bonchev–Trinajstić information content (AvgIpc) is 3.02. The standard InChI is InChI=1S/C22H20Cl2N2O/c1-15-6-2-3-7-17(15)21-20-8-4-11-25(20)12-5-13-26(21)22(27)18-10-9-16(23)14-19(18)24/h2-4,6-11,14,21H,5,12-13H2,1H3. The molecule has 0 aliphatic carbocycles. The Morgan fingerprint density at radius 2 is 1.85 bits per heavy atom. The third kappa shape index (κ3) is 3.38. The Morgan fingerprint density at radius 3 is 2.63 bits per heavy atom. The van der Waals surface area contributed by atoms with Crippen LogP contribution >= 0.6 is 23.2 Å². The van der Waals surface area contributed by atoms with Gasteiger partial charge in [0.05, 0.1) is 16.6 Å². The molecule has 138 valence electrons. The molecular formula is C22H20Cl2N2O. The number of benzene rings is 2. The third-order valence-electron chi connectivity index (χ3n) is 5.16. The van der Waals surface area contributed by atoms with Crippen LogP contribution in [0.3, 0.4) is 0 Å². The highest BCUT2D eigenvalue weighted by atomic mass is 35.5. The van der Waals surface area contributed by atoms with Crippen molar-refractivity contribution in [1.82, 2.24) is 9.47 Å². The summed E-state index contributed by atoms with van der Waals surface area (Å²) in [5, 5.41) is 0.910. The summed E-state index contributed by atoms with van der Waals surface area (Å²) in [6.45, 7) is 3.65. The van der Waals surface area contributed by atoms with Crippen LogP contribution in [0.5, 0.6) is 0 Å². The van der Waals surface area contributed by atoms with E-state index < -0.39 is 0 Å². The maximum Gasteiger partial charge on any atom is 0.256 e. The molecule has 0 fully saturated rings. The largest absolute Gasteiger partial charge is 0.349 e. The Hall–Kier alpha value is -2.23. The third-order valence-corrected chi connectivity index (χ3v) is 5.71. The predicted octanol–water partition coefficient (Wildman–Crippen LogP) is 5.74. The van der Waals surface area contributed by atoms with E-state index >= 15 is 0 Å². The quantitative estimate of drug-likeness (QED) is 0.540. The molecule has 2 aromatic carbocycles. The van der Waals surface area contributed by atoms with Gasteiger partial charge in [0, 0.05) is 30.0 Å². The first-order valence-electron chi connectivity index (χ1n) is 9.03. The summed E-state index contributed by atoms with van der Waals surface area (Å²) >= 11 is 12.4. The van der Waals surface area contributed by atoms with Gasteiger partial charge in [-0.05, 0) is 54.8 Å². The fourth-order valence-electron chi connectivity index (χ4n) is 3.84. The van der Waals surface area contributed by atoms with Crippen molar-refractivity contribution in [3.05, 3.63) is 93.2 Å². The van der Waals surface area contributed by atoms with Gasteiger partial charge >= 0.3 is 0 Å². The zero-order valence-electron chi connectivity index (χ0n) is 15.0. The van der Waals surface area contributed by atoms with E-state index in [0.29, 0.717) is 22.2 Å². The van der Waals surface area contributed by atoms with Crippen molar-refractivity contribution in [3.63, 3.8) is 0 Å². The number of amides is 1. The molecule has 2 heterocycles. The molecule has 0 bridgehead atoms. The lowest BCUT2D eigenvalue weighted by Gasteiger charge is -2.32. The summed E-state index contributed by atoms with van der Waals surface area (Å²) in [5.41, 5.74) is 3.91. The fourth-order valence-corrected chi connectivity index (χ4v) is 4.33. The summed E-state index contributed by atoms with van der Waals surface area (Å²) in [7, 11) is 0. The van der Waals surface area contributed by atoms with E-state index in [1.54, 1.807) is 18.2 Å². The number of carbonyl (C=O) groups is 1. The average molecular weight is 399 g/mol. The van der Waals surface area contributed by atoms with E-state index in [-0.39, 0.29) is 11.9 Å². The minimum Gasteiger partial charge on any atom is -0.349 e. The van der Waals surface area contributed by atoms with E-state index in [9.17, 15) is 4.79 Å². The fraction of sp³-hybridized carbons (Fsp3) is 0.227. The van der Waals surface area contributed by atoms with E-state index in [2.05, 4.69) is 35.9 Å². The van der Waals surface area contributed by atoms with Gasteiger partial charge in [-0.2, -0.15) is 0 Å². The van der Waals surface area contributed by atoms with Crippen molar-refractivity contribution in [2.75, 3.05) is 6.54 Å². The maximum atomic E-state index is 13.5. The number of aromatic nitrogens is 1. The number of nitrogens with zero attached hydrogens (tertiary/aromatic N) is 2. The first kappa shape index (κ1) is 18.1. The summed E-state index contributed by atoms with van der Waals surface area (Å²) in [6.07, 6.45) is 2.98. The van der Waals surface area contributed by atoms with Crippen LogP contribution in [0.25, 0.3) is 0 Å². The maximum absolute atomic E-state index is 13.5. The number of hydrogen-bond donors (Lipinski definition) is 0. The molecule has 0 saturated heterocycles. The zero-order chi connectivity index (χ0) is 19.0. The molecule has 0 spiro atoms. The van der Waals surface area contributed by atoms with Gasteiger partial charge in [-0.15, -0.1) is 0 Å². The van der Waals surface area contributed by atoms with Gasteiger partial charge in [0.25, 0.3) is 5.91 Å². The molecule has 3 aromatic rings. The molecule has 0 saturated carbocycles. The second kappa shape index (κ2) is 7.41. The number of carbonyl (C=O) groups excluding carboxylic acids is 1. The Labute approximate surface area is 169 Å². The number of aryl methyl sites for hydroxylation is 2. The SMILES string of the molecule is Cc1ccccc1C1c2cccn2CCCN1C(=O)c1ccc(Cl)cc1Cl. The van der Waals surface area contributed by atoms with Crippen molar-refractivity contribution in [3.8, 4) is 0 Å². The monoisotopic (exact) mass is 398 g/mol. The van der Waals surface area contributed by atoms with Crippen LogP contribution in [0.15, 0.2) is 60.8 Å². The summed E-state index contributed by atoms with van der Waals surface area (Å²) in [5.74, 6) is -0.0698. The van der Waals surface area contributed by atoms with Gasteiger partial charge in [-0.1, -0.05) is 47.5 Å². The highest BCUT2D eigenvalue weighted by Crippen LogP contribution is 2.35. The minimum atomic E-state index is -0.150. The summed E-state index contributed by atoms with van der Waals surface area (Å²) < 4.78 is 2.24. The molecule has 5 heteroatoms. The van der Waals surface area contributed by atoms with Crippen molar-refractivity contribution >= 4 is 29.1 Å². The summed E-state index contributed by atoms with van der Waals surface area (Å²) in [4.78, 5) is 15.4. The number of halogens is 2. The van der Waals surface area contributed by atoms with Gasteiger partial charge in [0.2, 0.25) is 0 Å². The lowest BCUT2D eigenvalue weighted by atomic mass is 9.96. The van der Waals surface area contributed by atoms with Crippen LogP contribution in [0.2, 0.25) is 10.0 Å². The van der Waals surface area contributed by atoms with Gasteiger partial charge in [0.1, 0.15) is 0 Å². The Morgan fingerprint density at radius 1 is 1.04 bits per heavy atom. The number of fused-ring (bicyclic) bond motifs is 1. The molecule has 0 radical (unpaired) electrons. The van der Waals surface area contributed by atoms with Crippen LogP contribution in [0.1, 0.15) is 39.6 Å². The van der Waals surface area contributed by atoms with E-state index in [4.69, 9.17) is 23.2 Å². The predicted molar refractivity (Wildman–Crippen MR) is 110 cm³/mol. The molecule has 1 atom stereocenters. The molecule has 1 aliphatic rings. The smallest absolute Gasteiger partial charge is 0.256 e. The second-order valence-electron chi connectivity index (χ2n) is 6.86. The molecule has 1 aromatic heterocycles. The number of rotatable bonds is 2. The molecule has 3 nitrogen and oxygen atoms in total. The van der Waals surface area contributed by atoms with Gasteiger partial charge in [0.15, 0.2) is 0 Å². The van der Waals surface area contributed by atoms with Crippen LogP contribution in [-0.4, -0.2) is 21.9 Å². The molecule has 27 heavy (non-hydrogen) atoms. The van der Waals surface area contributed by atoms with Crippen molar-refractivity contribution in [2.45, 2.75) is 25.9 Å². The highest BCUT2D eigenvalue weighted by molar-refractivity contribution is 6.36. The van der Waals surface area contributed by atoms with E-state index in [1.165, 1.54) is 0 Å². The molecule has 1 unspecified atom stereocenters. The van der Waals surface area contributed by atoms with Gasteiger partial charge in [-0.25, -0.2) is 0 Å². The van der Waals surface area contributed by atoms with Gasteiger partial charge < -0.3 is 9.47 Å². The zero-order valence-corrected chi connectivity index (χ0v) is 16.5. The Balaban J connectivity index is 1.84. The second-order valence-corrected chi connectivity index (χ2v) is 7.71. The highest BCUT2D eigenvalue weighted by Gasteiger charge is 2.32. The lowest BCUT2D eigenvalue weighted by molar-refractivity contribution is 0.0709. The first-order chi connectivity index (χ1) is 13.1.